The predicted octanol–water partition coefficient (Wildman–Crippen LogP) is 4.32. The quantitative estimate of drug-likeness (QED) is 0.434. The number of methoxy groups -OCH3 is 2. The van der Waals surface area contributed by atoms with E-state index in [1.165, 1.54) is 6.21 Å². The van der Waals surface area contributed by atoms with Crippen LogP contribution < -0.4 is 19.6 Å². The highest BCUT2D eigenvalue weighted by Gasteiger charge is 2.09. The van der Waals surface area contributed by atoms with Gasteiger partial charge in [-0.2, -0.15) is 5.10 Å². The second-order valence-electron chi connectivity index (χ2n) is 6.97. The highest BCUT2D eigenvalue weighted by molar-refractivity contribution is 5.94. The maximum atomic E-state index is 12.5. The summed E-state index contributed by atoms with van der Waals surface area (Å²) < 4.78 is 16.1. The van der Waals surface area contributed by atoms with E-state index in [0.29, 0.717) is 11.5 Å². The van der Waals surface area contributed by atoms with Gasteiger partial charge in [-0.05, 0) is 61.4 Å². The Morgan fingerprint density at radius 1 is 0.935 bits per heavy atom. The zero-order valence-electron chi connectivity index (χ0n) is 18.0. The molecule has 0 atom stereocenters. The largest absolute Gasteiger partial charge is 0.497 e. The summed E-state index contributed by atoms with van der Waals surface area (Å²) in [5.74, 6) is 1.65. The number of carbonyl (C=O) groups excluding carboxylic acids is 1. The fourth-order valence-electron chi connectivity index (χ4n) is 2.86. The third kappa shape index (κ3) is 6.05. The number of nitrogens with zero attached hydrogens (tertiary/aromatic N) is 2. The Balaban J connectivity index is 1.70. The van der Waals surface area contributed by atoms with Crippen molar-refractivity contribution in [1.29, 1.82) is 0 Å². The lowest BCUT2D eigenvalue weighted by Crippen LogP contribution is -2.19. The van der Waals surface area contributed by atoms with Gasteiger partial charge in [0, 0.05) is 17.8 Å². The summed E-state index contributed by atoms with van der Waals surface area (Å²) >= 11 is 0. The highest BCUT2D eigenvalue weighted by Crippen LogP contribution is 2.23. The molecule has 3 aromatic rings. The van der Waals surface area contributed by atoms with Crippen LogP contribution in [0, 0.1) is 0 Å². The number of hydrogen-bond donors (Lipinski definition) is 1. The zero-order chi connectivity index (χ0) is 22.2. The number of rotatable bonds is 8. The first-order valence-electron chi connectivity index (χ1n) is 9.78. The van der Waals surface area contributed by atoms with Crippen LogP contribution in [0.15, 0.2) is 65.9 Å². The Hall–Kier alpha value is -3.87. The third-order valence-electron chi connectivity index (χ3n) is 4.31. The van der Waals surface area contributed by atoms with E-state index < -0.39 is 5.91 Å². The van der Waals surface area contributed by atoms with Crippen molar-refractivity contribution in [2.24, 2.45) is 5.10 Å². The molecule has 0 aliphatic rings. The average molecular weight is 419 g/mol. The van der Waals surface area contributed by atoms with Crippen molar-refractivity contribution in [2.75, 3.05) is 14.2 Å². The number of hydrogen-bond acceptors (Lipinski definition) is 6. The minimum Gasteiger partial charge on any atom is -0.497 e. The standard InChI is InChI=1S/C24H25N3O4/c1-16(2)31-20-7-5-18(6-8-20)19-9-10-25-23(13-19)24(28)27-26-15-17-11-21(29-3)14-22(12-17)30-4/h5-16H,1-4H3,(H,27,28). The lowest BCUT2D eigenvalue weighted by molar-refractivity contribution is 0.0950. The average Bonchev–Trinajstić information content (AvgIpc) is 2.79. The monoisotopic (exact) mass is 419 g/mol. The van der Waals surface area contributed by atoms with Crippen LogP contribution in [0.25, 0.3) is 11.1 Å². The summed E-state index contributed by atoms with van der Waals surface area (Å²) in [5, 5.41) is 4.02. The summed E-state index contributed by atoms with van der Waals surface area (Å²) in [6, 6.07) is 16.6. The van der Waals surface area contributed by atoms with E-state index in [4.69, 9.17) is 14.2 Å². The van der Waals surface area contributed by atoms with Gasteiger partial charge < -0.3 is 14.2 Å². The summed E-state index contributed by atoms with van der Waals surface area (Å²) in [6.45, 7) is 3.96. The van der Waals surface area contributed by atoms with Crippen LogP contribution in [0.1, 0.15) is 29.9 Å². The molecule has 0 radical (unpaired) electrons. The van der Waals surface area contributed by atoms with Crippen LogP contribution in [-0.2, 0) is 0 Å². The normalized spacial score (nSPS) is 10.9. The Labute approximate surface area is 181 Å². The summed E-state index contributed by atoms with van der Waals surface area (Å²) in [6.07, 6.45) is 3.22. The van der Waals surface area contributed by atoms with E-state index in [1.807, 2.05) is 44.2 Å². The van der Waals surface area contributed by atoms with E-state index in [1.54, 1.807) is 44.7 Å². The van der Waals surface area contributed by atoms with Crippen molar-refractivity contribution < 1.29 is 19.0 Å². The van der Waals surface area contributed by atoms with Crippen molar-refractivity contribution in [2.45, 2.75) is 20.0 Å². The first-order valence-corrected chi connectivity index (χ1v) is 9.78. The summed E-state index contributed by atoms with van der Waals surface area (Å²) in [4.78, 5) is 16.6. The predicted molar refractivity (Wildman–Crippen MR) is 120 cm³/mol. The van der Waals surface area contributed by atoms with Crippen molar-refractivity contribution in [3.8, 4) is 28.4 Å². The minimum atomic E-state index is -0.410. The molecule has 0 fully saturated rings. The Kier molecular flexibility index (Phi) is 7.22. The van der Waals surface area contributed by atoms with Crippen molar-refractivity contribution in [1.82, 2.24) is 10.4 Å². The van der Waals surface area contributed by atoms with Crippen molar-refractivity contribution in [3.05, 3.63) is 72.1 Å². The molecule has 0 saturated carbocycles. The molecule has 1 aromatic heterocycles. The molecule has 0 unspecified atom stereocenters. The van der Waals surface area contributed by atoms with Crippen molar-refractivity contribution >= 4 is 12.1 Å². The molecule has 0 aliphatic heterocycles. The second kappa shape index (κ2) is 10.2. The number of pyridine rings is 1. The molecule has 2 aromatic carbocycles. The maximum Gasteiger partial charge on any atom is 0.289 e. The molecule has 7 nitrogen and oxygen atoms in total. The molecule has 160 valence electrons. The zero-order valence-corrected chi connectivity index (χ0v) is 18.0. The number of nitrogens with one attached hydrogen (secondary N) is 1. The molecular weight excluding hydrogens is 394 g/mol. The minimum absolute atomic E-state index is 0.112. The number of aromatic nitrogens is 1. The Bertz CT molecular complexity index is 1040. The van der Waals surface area contributed by atoms with Gasteiger partial charge in [0.05, 0.1) is 26.5 Å². The molecule has 1 N–H and O–H groups in total. The number of carbonyl (C=O) groups is 1. The topological polar surface area (TPSA) is 82.0 Å². The van der Waals surface area contributed by atoms with E-state index in [0.717, 1.165) is 22.4 Å². The maximum absolute atomic E-state index is 12.5. The summed E-state index contributed by atoms with van der Waals surface area (Å²) in [5.41, 5.74) is 5.32. The third-order valence-corrected chi connectivity index (χ3v) is 4.31. The van der Waals surface area contributed by atoms with Gasteiger partial charge in [-0.3, -0.25) is 9.78 Å². The van der Waals surface area contributed by atoms with Crippen molar-refractivity contribution in [3.63, 3.8) is 0 Å². The van der Waals surface area contributed by atoms with E-state index in [2.05, 4.69) is 15.5 Å². The Morgan fingerprint density at radius 3 is 2.23 bits per heavy atom. The van der Waals surface area contributed by atoms with Gasteiger partial charge in [-0.25, -0.2) is 5.43 Å². The van der Waals surface area contributed by atoms with E-state index >= 15 is 0 Å². The fraction of sp³-hybridized carbons (Fsp3) is 0.208. The molecular formula is C24H25N3O4. The van der Waals surface area contributed by atoms with Gasteiger partial charge in [0.25, 0.3) is 5.91 Å². The number of ether oxygens (including phenoxy) is 3. The molecule has 31 heavy (non-hydrogen) atoms. The fourth-order valence-corrected chi connectivity index (χ4v) is 2.86. The molecule has 1 amide bonds. The number of benzene rings is 2. The Morgan fingerprint density at radius 2 is 1.61 bits per heavy atom. The lowest BCUT2D eigenvalue weighted by Gasteiger charge is -2.10. The van der Waals surface area contributed by atoms with Gasteiger partial charge in [-0.1, -0.05) is 12.1 Å². The molecule has 7 heteroatoms. The van der Waals surface area contributed by atoms with Gasteiger partial charge in [0.1, 0.15) is 22.9 Å². The van der Waals surface area contributed by atoms with Crippen LogP contribution in [0.2, 0.25) is 0 Å². The number of hydrazone groups is 1. The van der Waals surface area contributed by atoms with E-state index in [-0.39, 0.29) is 11.8 Å². The van der Waals surface area contributed by atoms with Gasteiger partial charge in [0.2, 0.25) is 0 Å². The van der Waals surface area contributed by atoms with Gasteiger partial charge in [0.15, 0.2) is 0 Å². The van der Waals surface area contributed by atoms with Gasteiger partial charge >= 0.3 is 0 Å². The molecule has 3 rings (SSSR count). The lowest BCUT2D eigenvalue weighted by atomic mass is 10.1. The summed E-state index contributed by atoms with van der Waals surface area (Å²) in [7, 11) is 3.14. The van der Waals surface area contributed by atoms with Crippen LogP contribution in [0.4, 0.5) is 0 Å². The first-order chi connectivity index (χ1) is 15.0. The van der Waals surface area contributed by atoms with Crippen LogP contribution in [-0.4, -0.2) is 37.4 Å². The van der Waals surface area contributed by atoms with Crippen LogP contribution >= 0.6 is 0 Å². The molecule has 0 bridgehead atoms. The van der Waals surface area contributed by atoms with Crippen LogP contribution in [0.3, 0.4) is 0 Å². The van der Waals surface area contributed by atoms with E-state index in [9.17, 15) is 4.79 Å². The van der Waals surface area contributed by atoms with Gasteiger partial charge in [-0.15, -0.1) is 0 Å². The highest BCUT2D eigenvalue weighted by atomic mass is 16.5. The smallest absolute Gasteiger partial charge is 0.289 e. The SMILES string of the molecule is COc1cc(C=NNC(=O)c2cc(-c3ccc(OC(C)C)cc3)ccn2)cc(OC)c1. The molecule has 0 spiro atoms. The van der Waals surface area contributed by atoms with Crippen LogP contribution in [0.5, 0.6) is 17.2 Å². The second-order valence-corrected chi connectivity index (χ2v) is 6.97. The molecule has 0 saturated heterocycles. The molecule has 1 heterocycles. The molecule has 0 aliphatic carbocycles. The first kappa shape index (κ1) is 21.8. The number of amides is 1.